The Morgan fingerprint density at radius 1 is 1.00 bits per heavy atom. The first-order valence-corrected chi connectivity index (χ1v) is 8.32. The third kappa shape index (κ3) is 4.52. The number of carbonyl (C=O) groups excluding carboxylic acids is 1. The number of hydrogen-bond acceptors (Lipinski definition) is 3. The number of amides is 2. The van der Waals surface area contributed by atoms with Gasteiger partial charge in [-0.1, -0.05) is 18.1 Å². The Morgan fingerprint density at radius 2 is 1.64 bits per heavy atom. The maximum absolute atomic E-state index is 12.2. The largest absolute Gasteiger partial charge is 0.369 e. The summed E-state index contributed by atoms with van der Waals surface area (Å²) in [5.41, 5.74) is 3.29. The lowest BCUT2D eigenvalue weighted by molar-refractivity contribution is 0.262. The first-order chi connectivity index (χ1) is 12.1. The van der Waals surface area contributed by atoms with Gasteiger partial charge in [-0.3, -0.25) is 0 Å². The van der Waals surface area contributed by atoms with Gasteiger partial charge in [0.15, 0.2) is 0 Å². The monoisotopic (exact) mass is 334 g/mol. The molecule has 0 atom stereocenters. The van der Waals surface area contributed by atoms with Crippen molar-refractivity contribution in [3.8, 4) is 12.3 Å². The Balaban J connectivity index is 1.63. The Labute approximate surface area is 148 Å². The summed E-state index contributed by atoms with van der Waals surface area (Å²) < 4.78 is 0. The highest BCUT2D eigenvalue weighted by Crippen LogP contribution is 2.21. The number of benzene rings is 2. The van der Waals surface area contributed by atoms with E-state index >= 15 is 0 Å². The van der Waals surface area contributed by atoms with Crippen LogP contribution in [0.4, 0.5) is 21.9 Å². The lowest BCUT2D eigenvalue weighted by Crippen LogP contribution is -2.44. The summed E-state index contributed by atoms with van der Waals surface area (Å²) >= 11 is 0. The molecule has 0 saturated carbocycles. The number of hydrogen-bond donors (Lipinski definition) is 2. The summed E-state index contributed by atoms with van der Waals surface area (Å²) in [6, 6.07) is 14.8. The number of likely N-dealkylation sites (N-methyl/N-ethyl adjacent to an activating group) is 1. The molecule has 0 aromatic heterocycles. The molecule has 2 amide bonds. The molecular formula is C20H22N4O. The van der Waals surface area contributed by atoms with Gasteiger partial charge in [0, 0.05) is 48.8 Å². The molecule has 2 aromatic rings. The van der Waals surface area contributed by atoms with Crippen molar-refractivity contribution in [1.29, 1.82) is 0 Å². The van der Waals surface area contributed by atoms with Gasteiger partial charge in [0.2, 0.25) is 0 Å². The van der Waals surface area contributed by atoms with E-state index in [1.54, 1.807) is 12.1 Å². The predicted octanol–water partition coefficient (Wildman–Crippen LogP) is 3.06. The fourth-order valence-electron chi connectivity index (χ4n) is 2.83. The highest BCUT2D eigenvalue weighted by Gasteiger charge is 2.14. The zero-order valence-electron chi connectivity index (χ0n) is 14.3. The van der Waals surface area contributed by atoms with Gasteiger partial charge in [0.25, 0.3) is 0 Å². The van der Waals surface area contributed by atoms with Crippen molar-refractivity contribution >= 4 is 23.1 Å². The summed E-state index contributed by atoms with van der Waals surface area (Å²) in [7, 11) is 2.13. The molecule has 5 nitrogen and oxygen atoms in total. The molecule has 25 heavy (non-hydrogen) atoms. The second-order valence-corrected chi connectivity index (χ2v) is 6.14. The van der Waals surface area contributed by atoms with Crippen molar-refractivity contribution in [2.45, 2.75) is 0 Å². The van der Waals surface area contributed by atoms with Crippen molar-refractivity contribution in [1.82, 2.24) is 4.90 Å². The maximum Gasteiger partial charge on any atom is 0.323 e. The summed E-state index contributed by atoms with van der Waals surface area (Å²) in [5, 5.41) is 5.68. The van der Waals surface area contributed by atoms with Gasteiger partial charge in [0.1, 0.15) is 0 Å². The van der Waals surface area contributed by atoms with E-state index in [4.69, 9.17) is 6.42 Å². The third-order valence-electron chi connectivity index (χ3n) is 4.26. The average Bonchev–Trinajstić information content (AvgIpc) is 2.62. The van der Waals surface area contributed by atoms with Gasteiger partial charge in [-0.25, -0.2) is 4.79 Å². The molecule has 2 N–H and O–H groups in total. The van der Waals surface area contributed by atoms with Crippen molar-refractivity contribution in [3.63, 3.8) is 0 Å². The minimum absolute atomic E-state index is 0.287. The van der Waals surface area contributed by atoms with Gasteiger partial charge in [0.05, 0.1) is 0 Å². The van der Waals surface area contributed by atoms with Crippen LogP contribution in [0.2, 0.25) is 0 Å². The molecule has 3 rings (SSSR count). The van der Waals surface area contributed by atoms with Crippen LogP contribution >= 0.6 is 0 Å². The van der Waals surface area contributed by atoms with E-state index in [2.05, 4.69) is 39.5 Å². The van der Waals surface area contributed by atoms with E-state index in [1.165, 1.54) is 0 Å². The molecule has 1 aliphatic heterocycles. The fourth-order valence-corrected chi connectivity index (χ4v) is 2.83. The highest BCUT2D eigenvalue weighted by molar-refractivity contribution is 6.00. The molecule has 1 aliphatic rings. The highest BCUT2D eigenvalue weighted by atomic mass is 16.2. The minimum Gasteiger partial charge on any atom is -0.369 e. The van der Waals surface area contributed by atoms with Crippen LogP contribution in [0.1, 0.15) is 5.56 Å². The van der Waals surface area contributed by atoms with Gasteiger partial charge in [-0.15, -0.1) is 6.42 Å². The number of terminal acetylenes is 1. The van der Waals surface area contributed by atoms with Crippen molar-refractivity contribution in [2.24, 2.45) is 0 Å². The SMILES string of the molecule is C#Cc1cccc(NC(=O)Nc2cccc(N3CCN(C)CC3)c2)c1. The normalized spacial score (nSPS) is 14.6. The zero-order chi connectivity index (χ0) is 17.6. The van der Waals surface area contributed by atoms with E-state index in [9.17, 15) is 4.79 Å². The third-order valence-corrected chi connectivity index (χ3v) is 4.26. The van der Waals surface area contributed by atoms with Crippen LogP contribution in [0, 0.1) is 12.3 Å². The van der Waals surface area contributed by atoms with Gasteiger partial charge in [-0.2, -0.15) is 0 Å². The van der Waals surface area contributed by atoms with E-state index in [0.717, 1.165) is 43.1 Å². The number of carbonyl (C=O) groups is 1. The standard InChI is InChI=1S/C20H22N4O/c1-3-16-6-4-7-17(14-16)21-20(25)22-18-8-5-9-19(15-18)24-12-10-23(2)11-13-24/h1,4-9,14-15H,10-13H2,2H3,(H2,21,22,25). The van der Waals surface area contributed by atoms with Crippen molar-refractivity contribution in [3.05, 3.63) is 54.1 Å². The molecule has 0 spiro atoms. The number of urea groups is 1. The molecule has 0 unspecified atom stereocenters. The summed E-state index contributed by atoms with van der Waals surface area (Å²) in [4.78, 5) is 16.9. The summed E-state index contributed by atoms with van der Waals surface area (Å²) in [5.74, 6) is 2.56. The van der Waals surface area contributed by atoms with Crippen molar-refractivity contribution in [2.75, 3.05) is 48.8 Å². The quantitative estimate of drug-likeness (QED) is 0.848. The summed E-state index contributed by atoms with van der Waals surface area (Å²) in [6.07, 6.45) is 5.38. The second kappa shape index (κ2) is 7.73. The molecule has 1 saturated heterocycles. The molecule has 2 aromatic carbocycles. The van der Waals surface area contributed by atoms with Crippen LogP contribution in [0.3, 0.4) is 0 Å². The van der Waals surface area contributed by atoms with Crippen LogP contribution < -0.4 is 15.5 Å². The topological polar surface area (TPSA) is 47.6 Å². The van der Waals surface area contributed by atoms with Crippen LogP contribution in [-0.4, -0.2) is 44.2 Å². The number of anilines is 3. The Kier molecular flexibility index (Phi) is 5.22. The average molecular weight is 334 g/mol. The molecule has 0 radical (unpaired) electrons. The smallest absolute Gasteiger partial charge is 0.323 e. The number of piperazine rings is 1. The van der Waals surface area contributed by atoms with Crippen LogP contribution in [-0.2, 0) is 0 Å². The lowest BCUT2D eigenvalue weighted by Gasteiger charge is -2.34. The van der Waals surface area contributed by atoms with E-state index in [-0.39, 0.29) is 6.03 Å². The van der Waals surface area contributed by atoms with Gasteiger partial charge in [-0.05, 0) is 43.4 Å². The zero-order valence-corrected chi connectivity index (χ0v) is 14.3. The van der Waals surface area contributed by atoms with E-state index in [0.29, 0.717) is 5.69 Å². The van der Waals surface area contributed by atoms with Crippen molar-refractivity contribution < 1.29 is 4.79 Å². The molecule has 5 heteroatoms. The predicted molar refractivity (Wildman–Crippen MR) is 103 cm³/mol. The van der Waals surface area contributed by atoms with Gasteiger partial charge < -0.3 is 20.4 Å². The Bertz CT molecular complexity index is 788. The first-order valence-electron chi connectivity index (χ1n) is 8.32. The molecule has 1 heterocycles. The summed E-state index contributed by atoms with van der Waals surface area (Å²) in [6.45, 7) is 4.07. The van der Waals surface area contributed by atoms with Crippen LogP contribution in [0.5, 0.6) is 0 Å². The lowest BCUT2D eigenvalue weighted by atomic mass is 10.2. The van der Waals surface area contributed by atoms with E-state index in [1.807, 2.05) is 30.3 Å². The van der Waals surface area contributed by atoms with Crippen LogP contribution in [0.25, 0.3) is 0 Å². The number of nitrogens with zero attached hydrogens (tertiary/aromatic N) is 2. The molecule has 0 bridgehead atoms. The molecule has 0 aliphatic carbocycles. The molecule has 1 fully saturated rings. The Hall–Kier alpha value is -2.97. The fraction of sp³-hybridized carbons (Fsp3) is 0.250. The molecular weight excluding hydrogens is 312 g/mol. The number of rotatable bonds is 3. The van der Waals surface area contributed by atoms with Gasteiger partial charge >= 0.3 is 6.03 Å². The number of nitrogens with one attached hydrogen (secondary N) is 2. The molecule has 128 valence electrons. The minimum atomic E-state index is -0.287. The van der Waals surface area contributed by atoms with E-state index < -0.39 is 0 Å². The Morgan fingerprint density at radius 3 is 2.32 bits per heavy atom. The first kappa shape index (κ1) is 16.9. The second-order valence-electron chi connectivity index (χ2n) is 6.14. The van der Waals surface area contributed by atoms with Crippen LogP contribution in [0.15, 0.2) is 48.5 Å². The maximum atomic E-state index is 12.2.